The van der Waals surface area contributed by atoms with Crippen LogP contribution in [0.2, 0.25) is 0 Å². The minimum atomic E-state index is -0.601. The van der Waals surface area contributed by atoms with Crippen molar-refractivity contribution < 1.29 is 13.6 Å². The van der Waals surface area contributed by atoms with Crippen molar-refractivity contribution in [2.45, 2.75) is 26.2 Å². The van der Waals surface area contributed by atoms with E-state index in [1.54, 1.807) is 6.92 Å². The van der Waals surface area contributed by atoms with Crippen LogP contribution in [0.5, 0.6) is 0 Å². The molecule has 0 aromatic heterocycles. The molecular weight excluding hydrogens is 186 g/mol. The van der Waals surface area contributed by atoms with E-state index in [-0.39, 0.29) is 11.7 Å². The van der Waals surface area contributed by atoms with Gasteiger partial charge in [0.05, 0.1) is 0 Å². The molecule has 1 rings (SSSR count). The molecule has 3 heteroatoms. The Morgan fingerprint density at radius 3 is 2.21 bits per heavy atom. The Labute approximate surface area is 81.7 Å². The Balaban J connectivity index is 2.89. The average molecular weight is 198 g/mol. The van der Waals surface area contributed by atoms with Gasteiger partial charge in [0.2, 0.25) is 0 Å². The van der Waals surface area contributed by atoms with Crippen LogP contribution in [0.4, 0.5) is 8.78 Å². The summed E-state index contributed by atoms with van der Waals surface area (Å²) in [7, 11) is 0. The lowest BCUT2D eigenvalue weighted by molar-refractivity contribution is -0.117. The van der Waals surface area contributed by atoms with Crippen LogP contribution < -0.4 is 0 Å². The van der Waals surface area contributed by atoms with Crippen molar-refractivity contribution >= 4 is 5.78 Å². The SMILES string of the molecule is CC(=O)CC(C)c1cc(F)cc(F)c1. The average Bonchev–Trinajstić information content (AvgIpc) is 2.00. The topological polar surface area (TPSA) is 17.1 Å². The van der Waals surface area contributed by atoms with E-state index in [1.807, 2.05) is 0 Å². The van der Waals surface area contributed by atoms with Gasteiger partial charge in [-0.05, 0) is 30.5 Å². The molecule has 0 N–H and O–H groups in total. The highest BCUT2D eigenvalue weighted by molar-refractivity contribution is 5.76. The number of halogens is 2. The van der Waals surface area contributed by atoms with Gasteiger partial charge in [0.15, 0.2) is 0 Å². The molecule has 76 valence electrons. The predicted octanol–water partition coefficient (Wildman–Crippen LogP) is 3.05. The zero-order valence-corrected chi connectivity index (χ0v) is 8.18. The molecule has 0 radical (unpaired) electrons. The van der Waals surface area contributed by atoms with E-state index >= 15 is 0 Å². The highest BCUT2D eigenvalue weighted by atomic mass is 19.1. The third kappa shape index (κ3) is 2.91. The Morgan fingerprint density at radius 2 is 1.79 bits per heavy atom. The number of ketones is 1. The Hall–Kier alpha value is -1.25. The van der Waals surface area contributed by atoms with Crippen molar-refractivity contribution in [2.24, 2.45) is 0 Å². The third-order valence-electron chi connectivity index (χ3n) is 2.05. The summed E-state index contributed by atoms with van der Waals surface area (Å²) in [6, 6.07) is 3.34. The first kappa shape index (κ1) is 10.8. The van der Waals surface area contributed by atoms with Crippen LogP contribution in [0, 0.1) is 11.6 Å². The standard InChI is InChI=1S/C11H12F2O/c1-7(3-8(2)14)9-4-10(12)6-11(13)5-9/h4-7H,3H2,1-2H3. The van der Waals surface area contributed by atoms with Crippen molar-refractivity contribution in [3.63, 3.8) is 0 Å². The number of hydrogen-bond acceptors (Lipinski definition) is 1. The van der Waals surface area contributed by atoms with Gasteiger partial charge in [-0.2, -0.15) is 0 Å². The fourth-order valence-corrected chi connectivity index (χ4v) is 1.41. The van der Waals surface area contributed by atoms with Gasteiger partial charge < -0.3 is 4.79 Å². The van der Waals surface area contributed by atoms with Gasteiger partial charge in [-0.25, -0.2) is 8.78 Å². The number of Topliss-reactive ketones (excluding diaryl/α,β-unsaturated/α-hetero) is 1. The summed E-state index contributed by atoms with van der Waals surface area (Å²) < 4.78 is 25.6. The van der Waals surface area contributed by atoms with Gasteiger partial charge in [0.1, 0.15) is 17.4 Å². The summed E-state index contributed by atoms with van der Waals surface area (Å²) >= 11 is 0. The lowest BCUT2D eigenvalue weighted by Crippen LogP contribution is -2.01. The maximum absolute atomic E-state index is 12.8. The molecule has 0 fully saturated rings. The van der Waals surface area contributed by atoms with E-state index in [4.69, 9.17) is 0 Å². The molecule has 1 aromatic rings. The maximum Gasteiger partial charge on any atom is 0.130 e. The van der Waals surface area contributed by atoms with Gasteiger partial charge in [-0.3, -0.25) is 0 Å². The molecule has 0 spiro atoms. The lowest BCUT2D eigenvalue weighted by Gasteiger charge is -2.09. The van der Waals surface area contributed by atoms with E-state index in [0.717, 1.165) is 6.07 Å². The Bertz CT molecular complexity index is 327. The monoisotopic (exact) mass is 198 g/mol. The zero-order valence-electron chi connectivity index (χ0n) is 8.18. The second kappa shape index (κ2) is 4.31. The van der Waals surface area contributed by atoms with Crippen molar-refractivity contribution in [3.8, 4) is 0 Å². The minimum absolute atomic E-state index is 0.0159. The summed E-state index contributed by atoms with van der Waals surface area (Å²) in [5.41, 5.74) is 0.526. The van der Waals surface area contributed by atoms with Crippen LogP contribution in [0.25, 0.3) is 0 Å². The highest BCUT2D eigenvalue weighted by Crippen LogP contribution is 2.21. The predicted molar refractivity (Wildman–Crippen MR) is 50.1 cm³/mol. The van der Waals surface area contributed by atoms with E-state index < -0.39 is 11.6 Å². The summed E-state index contributed by atoms with van der Waals surface area (Å²) in [5, 5.41) is 0. The fourth-order valence-electron chi connectivity index (χ4n) is 1.41. The van der Waals surface area contributed by atoms with Crippen LogP contribution in [-0.2, 0) is 4.79 Å². The van der Waals surface area contributed by atoms with Crippen molar-refractivity contribution in [3.05, 3.63) is 35.4 Å². The van der Waals surface area contributed by atoms with Crippen LogP contribution in [0.3, 0.4) is 0 Å². The van der Waals surface area contributed by atoms with Crippen molar-refractivity contribution in [1.82, 2.24) is 0 Å². The van der Waals surface area contributed by atoms with E-state index in [0.29, 0.717) is 12.0 Å². The van der Waals surface area contributed by atoms with E-state index in [1.165, 1.54) is 19.1 Å². The number of rotatable bonds is 3. The van der Waals surface area contributed by atoms with Gasteiger partial charge in [0.25, 0.3) is 0 Å². The molecule has 0 saturated carbocycles. The van der Waals surface area contributed by atoms with E-state index in [2.05, 4.69) is 0 Å². The van der Waals surface area contributed by atoms with Gasteiger partial charge in [0, 0.05) is 12.5 Å². The molecule has 0 saturated heterocycles. The number of carbonyl (C=O) groups is 1. The van der Waals surface area contributed by atoms with Crippen LogP contribution in [-0.4, -0.2) is 5.78 Å². The first-order valence-corrected chi connectivity index (χ1v) is 4.44. The zero-order chi connectivity index (χ0) is 10.7. The quantitative estimate of drug-likeness (QED) is 0.729. The molecule has 0 aliphatic rings. The number of hydrogen-bond donors (Lipinski definition) is 0. The maximum atomic E-state index is 12.8. The van der Waals surface area contributed by atoms with Crippen molar-refractivity contribution in [1.29, 1.82) is 0 Å². The second-order valence-electron chi connectivity index (χ2n) is 3.51. The van der Waals surface area contributed by atoms with Crippen LogP contribution >= 0.6 is 0 Å². The smallest absolute Gasteiger partial charge is 0.130 e. The fraction of sp³-hybridized carbons (Fsp3) is 0.364. The molecule has 0 aliphatic carbocycles. The van der Waals surface area contributed by atoms with Gasteiger partial charge in [-0.15, -0.1) is 0 Å². The summed E-state index contributed by atoms with van der Waals surface area (Å²) in [4.78, 5) is 10.8. The first-order valence-electron chi connectivity index (χ1n) is 4.44. The molecule has 0 heterocycles. The summed E-state index contributed by atoms with van der Waals surface area (Å²) in [6.45, 7) is 3.24. The normalized spacial score (nSPS) is 12.6. The summed E-state index contributed by atoms with van der Waals surface area (Å²) in [6.07, 6.45) is 0.308. The largest absolute Gasteiger partial charge is 0.300 e. The first-order chi connectivity index (χ1) is 6.49. The molecule has 0 bridgehead atoms. The Kier molecular flexibility index (Phi) is 3.33. The second-order valence-corrected chi connectivity index (χ2v) is 3.51. The minimum Gasteiger partial charge on any atom is -0.300 e. The third-order valence-corrected chi connectivity index (χ3v) is 2.05. The van der Waals surface area contributed by atoms with Gasteiger partial charge in [-0.1, -0.05) is 6.92 Å². The molecule has 1 nitrogen and oxygen atoms in total. The molecule has 0 aliphatic heterocycles. The molecule has 1 aromatic carbocycles. The lowest BCUT2D eigenvalue weighted by atomic mass is 9.96. The van der Waals surface area contributed by atoms with Crippen LogP contribution in [0.1, 0.15) is 31.7 Å². The summed E-state index contributed by atoms with van der Waals surface area (Å²) in [5.74, 6) is -1.33. The number of carbonyl (C=O) groups excluding carboxylic acids is 1. The molecule has 14 heavy (non-hydrogen) atoms. The Morgan fingerprint density at radius 1 is 1.29 bits per heavy atom. The highest BCUT2D eigenvalue weighted by Gasteiger charge is 2.10. The number of benzene rings is 1. The molecule has 1 unspecified atom stereocenters. The molecule has 0 amide bonds. The van der Waals surface area contributed by atoms with Gasteiger partial charge >= 0.3 is 0 Å². The molecular formula is C11H12F2O. The molecule has 1 atom stereocenters. The van der Waals surface area contributed by atoms with E-state index in [9.17, 15) is 13.6 Å². The van der Waals surface area contributed by atoms with Crippen LogP contribution in [0.15, 0.2) is 18.2 Å². The van der Waals surface area contributed by atoms with Crippen molar-refractivity contribution in [2.75, 3.05) is 0 Å².